The molecule has 0 saturated carbocycles. The highest BCUT2D eigenvalue weighted by atomic mass is 32.2. The van der Waals surface area contributed by atoms with Crippen molar-refractivity contribution in [2.45, 2.75) is 244 Å². The first kappa shape index (κ1) is 82.9. The minimum atomic E-state index is -3.97. The molecule has 2 unspecified atom stereocenters. The molecule has 0 amide bonds. The lowest BCUT2D eigenvalue weighted by Gasteiger charge is -2.42. The summed E-state index contributed by atoms with van der Waals surface area (Å²) in [6, 6.07) is 38.1. The number of hydrogen-bond acceptors (Lipinski definition) is 14. The Morgan fingerprint density at radius 2 is 0.821 bits per heavy atom. The fraction of sp³-hybridized carbons (Fsp3) is 0.463. The van der Waals surface area contributed by atoms with Gasteiger partial charge in [-0.25, -0.2) is 34.7 Å². The number of rotatable bonds is 30. The number of aliphatic hydroxyl groups is 2. The first-order valence-electron chi connectivity index (χ1n) is 37.2. The zero-order valence-corrected chi connectivity index (χ0v) is 72.0. The number of aliphatic hydroxyl groups excluding tert-OH is 2. The van der Waals surface area contributed by atoms with Gasteiger partial charge in [0.1, 0.15) is 37.3 Å². The molecule has 0 bridgehead atoms. The van der Waals surface area contributed by atoms with Crippen molar-refractivity contribution in [3.8, 4) is 12.1 Å². The zero-order chi connectivity index (χ0) is 78.1. The minimum Gasteiger partial charge on any atom is -0.412 e. The molecule has 568 valence electrons. The van der Waals surface area contributed by atoms with Crippen LogP contribution in [0.5, 0.6) is 0 Å². The molecule has 18 nitrogen and oxygen atoms in total. The van der Waals surface area contributed by atoms with Gasteiger partial charge in [-0.05, 0) is 168 Å². The summed E-state index contributed by atoms with van der Waals surface area (Å²) in [6.45, 7) is 50.3. The van der Waals surface area contributed by atoms with Crippen LogP contribution in [0.1, 0.15) is 163 Å². The Balaban J connectivity index is 0.000000245. The van der Waals surface area contributed by atoms with Gasteiger partial charge in [0.2, 0.25) is 16.6 Å². The zero-order valence-electron chi connectivity index (χ0n) is 66.4. The highest BCUT2D eigenvalue weighted by Crippen LogP contribution is 2.47. The van der Waals surface area contributed by atoms with Crippen molar-refractivity contribution in [3.05, 3.63) is 189 Å². The van der Waals surface area contributed by atoms with E-state index in [0.29, 0.717) is 119 Å². The van der Waals surface area contributed by atoms with Crippen LogP contribution in [-0.4, -0.2) is 100 Å². The van der Waals surface area contributed by atoms with Crippen molar-refractivity contribution in [1.29, 1.82) is 10.5 Å². The Hall–Kier alpha value is -7.15. The molecular weight excluding hydrogens is 1430 g/mol. The van der Waals surface area contributed by atoms with Gasteiger partial charge >= 0.3 is 0 Å². The lowest BCUT2D eigenvalue weighted by atomic mass is 9.95. The topological polar surface area (TPSA) is 239 Å². The van der Waals surface area contributed by atoms with Crippen LogP contribution in [0.4, 0.5) is 0 Å². The van der Waals surface area contributed by atoms with Gasteiger partial charge in [-0.2, -0.15) is 10.5 Å². The van der Waals surface area contributed by atoms with Crippen molar-refractivity contribution in [2.75, 3.05) is 13.2 Å². The second kappa shape index (κ2) is 33.0. The van der Waals surface area contributed by atoms with Crippen molar-refractivity contribution < 1.29 is 45.4 Å². The SMILES string of the molecule is Cc1ccc(S(=O)(=O)n2ccc3c(C(O)c4nc5cc(C#N)ccc5n4COCC[Si](C)(C)C)c(CO[Si](C(C)C)(C(C)C)C(C)C)cc(C)c32)cc1.Cc1ccc(S(=O)(=O)n2ccc3c(C(O)c4nc5ccc(C#N)cc5n4COCC[Si](C)(C)C)c(CO[Si](C(C)C)(C(C)C)C(C)C)cc(C)c32)cc1. The number of imidazole rings is 2. The van der Waals surface area contributed by atoms with Gasteiger partial charge in [-0.1, -0.05) is 170 Å². The van der Waals surface area contributed by atoms with Crippen LogP contribution < -0.4 is 0 Å². The van der Waals surface area contributed by atoms with E-state index in [2.05, 4.69) is 135 Å². The first-order chi connectivity index (χ1) is 49.7. The van der Waals surface area contributed by atoms with Crippen LogP contribution in [-0.2, 0) is 65.0 Å². The summed E-state index contributed by atoms with van der Waals surface area (Å²) in [5, 5.41) is 46.0. The number of benzene rings is 6. The lowest BCUT2D eigenvalue weighted by molar-refractivity contribution is 0.0814. The van der Waals surface area contributed by atoms with Gasteiger partial charge in [0.25, 0.3) is 20.0 Å². The molecule has 6 aromatic carbocycles. The summed E-state index contributed by atoms with van der Waals surface area (Å²) in [6.07, 6.45) is 0.595. The molecule has 2 N–H and O–H groups in total. The summed E-state index contributed by atoms with van der Waals surface area (Å²) < 4.78 is 89.8. The Morgan fingerprint density at radius 3 is 1.19 bits per heavy atom. The molecule has 2 atom stereocenters. The summed E-state index contributed by atoms with van der Waals surface area (Å²) >= 11 is 0. The second-order valence-corrected chi connectivity index (χ2v) is 58.8. The Bertz CT molecular complexity index is 4880. The monoisotopic (exact) mass is 1540 g/mol. The highest BCUT2D eigenvalue weighted by molar-refractivity contribution is 7.90. The van der Waals surface area contributed by atoms with Gasteiger partial charge in [-0.15, -0.1) is 0 Å². The van der Waals surface area contributed by atoms with E-state index in [9.17, 15) is 37.6 Å². The third kappa shape index (κ3) is 17.0. The summed E-state index contributed by atoms with van der Waals surface area (Å²) in [7, 11) is -15.4. The summed E-state index contributed by atoms with van der Waals surface area (Å²) in [5.41, 5.74) is 12.6. The van der Waals surface area contributed by atoms with Crippen LogP contribution in [0.15, 0.2) is 131 Å². The van der Waals surface area contributed by atoms with Gasteiger partial charge in [0.05, 0.1) is 79.4 Å². The molecule has 10 rings (SSSR count). The van der Waals surface area contributed by atoms with Gasteiger partial charge in [0.15, 0.2) is 0 Å². The van der Waals surface area contributed by atoms with Crippen LogP contribution in [0.2, 0.25) is 84.6 Å². The van der Waals surface area contributed by atoms with E-state index < -0.39 is 65.0 Å². The number of fused-ring (bicyclic) bond motifs is 4. The molecule has 4 aromatic heterocycles. The molecule has 0 spiro atoms. The van der Waals surface area contributed by atoms with Crippen molar-refractivity contribution >= 4 is 96.7 Å². The molecule has 4 heterocycles. The van der Waals surface area contributed by atoms with Crippen molar-refractivity contribution in [3.63, 3.8) is 0 Å². The fourth-order valence-corrected chi connectivity index (χ4v) is 31.1. The largest absolute Gasteiger partial charge is 0.412 e. The quantitative estimate of drug-likeness (QED) is 0.0315. The molecule has 0 aliphatic heterocycles. The molecule has 24 heteroatoms. The van der Waals surface area contributed by atoms with Crippen LogP contribution in [0.3, 0.4) is 0 Å². The first-order valence-corrected chi connectivity index (χ1v) is 51.8. The molecule has 0 aliphatic carbocycles. The van der Waals surface area contributed by atoms with Gasteiger partial charge in [0, 0.05) is 63.7 Å². The lowest BCUT2D eigenvalue weighted by Crippen LogP contribution is -2.47. The Morgan fingerprint density at radius 1 is 0.462 bits per heavy atom. The van der Waals surface area contributed by atoms with E-state index in [1.165, 1.54) is 7.94 Å². The van der Waals surface area contributed by atoms with E-state index in [-0.39, 0.29) is 36.5 Å². The molecule has 0 radical (unpaired) electrons. The average molecular weight is 1550 g/mol. The summed E-state index contributed by atoms with van der Waals surface area (Å²) in [5.74, 6) is 0.701. The number of nitrogens with zero attached hydrogens (tertiary/aromatic N) is 8. The smallest absolute Gasteiger partial charge is 0.268 e. The van der Waals surface area contributed by atoms with E-state index >= 15 is 0 Å². The maximum absolute atomic E-state index is 14.2. The standard InChI is InChI=1S/2C41H56N4O5SSi2/c1-27(2)53(28(3)4,29(5)6)50-25-33-22-31(8)39-35(18-19-45(39)51(47,48)34-15-12-30(7)13-16-34)38(33)40(46)41-43-36-23-32(24-42)14-17-37(36)44(41)26-49-20-21-52(9,10)11;1-27(2)53(28(3)4,29(5)6)50-25-33-22-31(8)39-35(18-19-45(39)51(47,48)34-15-12-30(7)13-16-34)38(33)40(46)41-43-36-17-14-32(24-42)23-37(36)44(41)26-49-20-21-52(9,10)11/h2*12-19,22-23,27-29,40,46H,20-21,25-26H2,1-11H3. The number of aromatic nitrogens is 6. The third-order valence-corrected chi connectivity index (χ3v) is 40.2. The number of aryl methyl sites for hydroxylation is 4. The molecule has 0 fully saturated rings. The van der Waals surface area contributed by atoms with Gasteiger partial charge < -0.3 is 37.7 Å². The average Bonchev–Trinajstić information content (AvgIpc) is 1.55. The molecule has 106 heavy (non-hydrogen) atoms. The summed E-state index contributed by atoms with van der Waals surface area (Å²) in [4.78, 5) is 10.2. The Kier molecular flexibility index (Phi) is 25.8. The molecular formula is C82H112N8O10S2Si4. The van der Waals surface area contributed by atoms with E-state index in [0.717, 1.165) is 51.0 Å². The second-order valence-electron chi connectivity index (χ2n) is 33.1. The van der Waals surface area contributed by atoms with Crippen LogP contribution in [0, 0.1) is 50.4 Å². The predicted octanol–water partition coefficient (Wildman–Crippen LogP) is 19.6. The van der Waals surface area contributed by atoms with Crippen molar-refractivity contribution in [1.82, 2.24) is 27.0 Å². The van der Waals surface area contributed by atoms with E-state index in [4.69, 9.17) is 28.3 Å². The molecule has 0 aliphatic rings. The maximum atomic E-state index is 14.2. The molecule has 0 saturated heterocycles. The van der Waals surface area contributed by atoms with Crippen LogP contribution >= 0.6 is 0 Å². The predicted molar refractivity (Wildman–Crippen MR) is 438 cm³/mol. The molecule has 10 aromatic rings. The Labute approximate surface area is 633 Å². The maximum Gasteiger partial charge on any atom is 0.268 e. The van der Waals surface area contributed by atoms with Crippen LogP contribution in [0.25, 0.3) is 43.9 Å². The normalized spacial score (nSPS) is 13.5. The third-order valence-electron chi connectivity index (χ3n) is 21.3. The van der Waals surface area contributed by atoms with Gasteiger partial charge in [-0.3, -0.25) is 0 Å². The number of nitriles is 2. The number of ether oxygens (including phenoxy) is 2. The van der Waals surface area contributed by atoms with E-state index in [1.807, 2.05) is 55.0 Å². The van der Waals surface area contributed by atoms with E-state index in [1.54, 1.807) is 103 Å². The fourth-order valence-electron chi connectivity index (χ4n) is 16.0. The number of hydrogen-bond donors (Lipinski definition) is 2. The van der Waals surface area contributed by atoms with Crippen molar-refractivity contribution in [2.24, 2.45) is 0 Å². The minimum absolute atomic E-state index is 0.135. The highest BCUT2D eigenvalue weighted by Gasteiger charge is 2.47.